The third kappa shape index (κ3) is 3.75. The van der Waals surface area contributed by atoms with Gasteiger partial charge in [0, 0.05) is 17.1 Å². The minimum atomic E-state index is -1.69. The molecule has 6 heteroatoms. The molecule has 0 bridgehead atoms. The Morgan fingerprint density at radius 1 is 0.452 bits per heavy atom. The van der Waals surface area contributed by atoms with E-state index in [1.807, 2.05) is 97.1 Å². The van der Waals surface area contributed by atoms with Crippen molar-refractivity contribution in [3.8, 4) is 11.1 Å². The number of hydrogen-bond acceptors (Lipinski definition) is 2. The van der Waals surface area contributed by atoms with E-state index >= 15 is 8.78 Å². The molecule has 0 fully saturated rings. The molecular formula is C36H22F4N2. The first-order chi connectivity index (χ1) is 20.5. The van der Waals surface area contributed by atoms with E-state index < -0.39 is 34.5 Å². The van der Waals surface area contributed by atoms with Crippen molar-refractivity contribution < 1.29 is 17.6 Å². The Labute approximate surface area is 240 Å². The highest BCUT2D eigenvalue weighted by Crippen LogP contribution is 2.57. The van der Waals surface area contributed by atoms with Crippen LogP contribution in [0.25, 0.3) is 11.1 Å². The van der Waals surface area contributed by atoms with Crippen LogP contribution in [0.1, 0.15) is 22.3 Å². The standard InChI is InChI=1S/C36H22F4N2/c37-32-31(33(38)35(40)41-34(32)39)36(29-17-9-7-15-27(29)28-16-8-10-18-30(28)36)23-19-21-26(22-20-23)42(24-11-3-1-4-12-24)25-13-5-2-6-14-25/h1-22H. The third-order valence-corrected chi connectivity index (χ3v) is 7.91. The van der Waals surface area contributed by atoms with Crippen molar-refractivity contribution in [3.63, 3.8) is 0 Å². The Balaban J connectivity index is 1.52. The molecule has 5 aromatic carbocycles. The molecule has 0 aliphatic heterocycles. The van der Waals surface area contributed by atoms with Gasteiger partial charge in [-0.1, -0.05) is 97.1 Å². The predicted molar refractivity (Wildman–Crippen MR) is 156 cm³/mol. The molecule has 1 aliphatic rings. The van der Waals surface area contributed by atoms with Crippen molar-refractivity contribution in [2.24, 2.45) is 0 Å². The second-order valence-corrected chi connectivity index (χ2v) is 10.1. The first-order valence-corrected chi connectivity index (χ1v) is 13.4. The molecule has 1 aromatic heterocycles. The third-order valence-electron chi connectivity index (χ3n) is 7.91. The average molecular weight is 559 g/mol. The van der Waals surface area contributed by atoms with Crippen LogP contribution in [0, 0.1) is 23.5 Å². The number of para-hydroxylation sites is 2. The lowest BCUT2D eigenvalue weighted by Gasteiger charge is -2.34. The first-order valence-electron chi connectivity index (χ1n) is 13.4. The highest BCUT2D eigenvalue weighted by atomic mass is 19.2. The number of benzene rings is 5. The van der Waals surface area contributed by atoms with Gasteiger partial charge in [0.15, 0.2) is 11.6 Å². The second-order valence-electron chi connectivity index (χ2n) is 10.1. The van der Waals surface area contributed by atoms with Gasteiger partial charge < -0.3 is 4.90 Å². The summed E-state index contributed by atoms with van der Waals surface area (Å²) >= 11 is 0. The van der Waals surface area contributed by atoms with Crippen molar-refractivity contribution in [1.29, 1.82) is 0 Å². The van der Waals surface area contributed by atoms with Gasteiger partial charge in [0.2, 0.25) is 0 Å². The highest BCUT2D eigenvalue weighted by molar-refractivity contribution is 5.86. The quantitative estimate of drug-likeness (QED) is 0.155. The smallest absolute Gasteiger partial charge is 0.252 e. The molecular weight excluding hydrogens is 536 g/mol. The maximum absolute atomic E-state index is 15.8. The van der Waals surface area contributed by atoms with E-state index in [0.29, 0.717) is 16.7 Å². The molecule has 1 heterocycles. The van der Waals surface area contributed by atoms with E-state index in [1.165, 1.54) is 0 Å². The Kier molecular flexibility index (Phi) is 6.12. The van der Waals surface area contributed by atoms with E-state index in [2.05, 4.69) is 9.88 Å². The minimum absolute atomic E-state index is 0.451. The van der Waals surface area contributed by atoms with Gasteiger partial charge in [-0.25, -0.2) is 8.78 Å². The van der Waals surface area contributed by atoms with Gasteiger partial charge in [-0.15, -0.1) is 0 Å². The number of anilines is 3. The van der Waals surface area contributed by atoms with Crippen LogP contribution in [0.3, 0.4) is 0 Å². The molecule has 0 atom stereocenters. The van der Waals surface area contributed by atoms with Crippen molar-refractivity contribution >= 4 is 17.1 Å². The Hall–Kier alpha value is -5.23. The molecule has 42 heavy (non-hydrogen) atoms. The van der Waals surface area contributed by atoms with Gasteiger partial charge in [0.25, 0.3) is 11.9 Å². The Morgan fingerprint density at radius 2 is 0.857 bits per heavy atom. The van der Waals surface area contributed by atoms with Crippen molar-refractivity contribution in [2.45, 2.75) is 5.41 Å². The van der Waals surface area contributed by atoms with Gasteiger partial charge in [-0.2, -0.15) is 13.8 Å². The zero-order chi connectivity index (χ0) is 28.8. The predicted octanol–water partition coefficient (Wildman–Crippen LogP) is 9.47. The van der Waals surface area contributed by atoms with Crippen LogP contribution in [0.15, 0.2) is 133 Å². The number of aromatic nitrogens is 1. The average Bonchev–Trinajstić information content (AvgIpc) is 3.33. The van der Waals surface area contributed by atoms with Gasteiger partial charge in [0.1, 0.15) is 0 Å². The summed E-state index contributed by atoms with van der Waals surface area (Å²) in [4.78, 5) is 4.91. The van der Waals surface area contributed by atoms with Gasteiger partial charge in [-0.3, -0.25) is 0 Å². The molecule has 0 N–H and O–H groups in total. The lowest BCUT2D eigenvalue weighted by Crippen LogP contribution is -2.32. The topological polar surface area (TPSA) is 16.1 Å². The first kappa shape index (κ1) is 25.7. The molecule has 204 valence electrons. The number of pyridine rings is 1. The van der Waals surface area contributed by atoms with Gasteiger partial charge in [0.05, 0.1) is 11.0 Å². The fraction of sp³-hybridized carbons (Fsp3) is 0.0278. The summed E-state index contributed by atoms with van der Waals surface area (Å²) < 4.78 is 61.1. The number of fused-ring (bicyclic) bond motifs is 3. The zero-order valence-corrected chi connectivity index (χ0v) is 22.1. The number of rotatable bonds is 5. The largest absolute Gasteiger partial charge is 0.311 e. The molecule has 2 nitrogen and oxygen atoms in total. The van der Waals surface area contributed by atoms with Crippen LogP contribution in [-0.2, 0) is 5.41 Å². The van der Waals surface area contributed by atoms with E-state index in [1.54, 1.807) is 36.4 Å². The lowest BCUT2D eigenvalue weighted by atomic mass is 9.67. The molecule has 0 unspecified atom stereocenters. The summed E-state index contributed by atoms with van der Waals surface area (Å²) in [7, 11) is 0. The van der Waals surface area contributed by atoms with E-state index in [0.717, 1.165) is 28.2 Å². The summed E-state index contributed by atoms with van der Waals surface area (Å²) in [6.07, 6.45) is 0. The van der Waals surface area contributed by atoms with E-state index in [9.17, 15) is 8.78 Å². The molecule has 1 aliphatic carbocycles. The summed E-state index contributed by atoms with van der Waals surface area (Å²) in [5.41, 5.74) is 3.14. The molecule has 0 amide bonds. The maximum Gasteiger partial charge on any atom is 0.252 e. The van der Waals surface area contributed by atoms with Crippen molar-refractivity contribution in [1.82, 2.24) is 4.98 Å². The second kappa shape index (κ2) is 10.00. The van der Waals surface area contributed by atoms with Crippen molar-refractivity contribution in [3.05, 3.63) is 179 Å². The van der Waals surface area contributed by atoms with Crippen LogP contribution in [0.2, 0.25) is 0 Å². The number of nitrogens with zero attached hydrogens (tertiary/aromatic N) is 2. The summed E-state index contributed by atoms with van der Waals surface area (Å²) in [6, 6.07) is 41.2. The molecule has 7 rings (SSSR count). The van der Waals surface area contributed by atoms with Crippen LogP contribution in [0.4, 0.5) is 34.6 Å². The van der Waals surface area contributed by atoms with Crippen LogP contribution >= 0.6 is 0 Å². The van der Waals surface area contributed by atoms with E-state index in [-0.39, 0.29) is 0 Å². The normalized spacial score (nSPS) is 13.0. The summed E-state index contributed by atoms with van der Waals surface area (Å²) in [6.45, 7) is 0. The lowest BCUT2D eigenvalue weighted by molar-refractivity contribution is 0.386. The van der Waals surface area contributed by atoms with Crippen LogP contribution in [0.5, 0.6) is 0 Å². The summed E-state index contributed by atoms with van der Waals surface area (Å²) in [5.74, 6) is -6.44. The molecule has 0 spiro atoms. The number of halogens is 4. The van der Waals surface area contributed by atoms with E-state index in [4.69, 9.17) is 0 Å². The van der Waals surface area contributed by atoms with Crippen LogP contribution < -0.4 is 4.90 Å². The molecule has 0 radical (unpaired) electrons. The highest BCUT2D eigenvalue weighted by Gasteiger charge is 2.50. The molecule has 0 saturated heterocycles. The monoisotopic (exact) mass is 558 g/mol. The maximum atomic E-state index is 15.8. The minimum Gasteiger partial charge on any atom is -0.311 e. The Bertz CT molecular complexity index is 1810. The fourth-order valence-electron chi connectivity index (χ4n) is 6.24. The molecule has 6 aromatic rings. The Morgan fingerprint density at radius 3 is 1.33 bits per heavy atom. The fourth-order valence-corrected chi connectivity index (χ4v) is 6.24. The SMILES string of the molecule is Fc1nc(F)c(F)c(C2(c3ccc(N(c4ccccc4)c4ccccc4)cc3)c3ccccc3-c3ccccc32)c1F. The molecule has 0 saturated carbocycles. The van der Waals surface area contributed by atoms with Gasteiger partial charge in [-0.05, 0) is 64.2 Å². The van der Waals surface area contributed by atoms with Crippen LogP contribution in [-0.4, -0.2) is 4.98 Å². The number of hydrogen-bond donors (Lipinski definition) is 0. The van der Waals surface area contributed by atoms with Crippen molar-refractivity contribution in [2.75, 3.05) is 4.90 Å². The summed E-state index contributed by atoms with van der Waals surface area (Å²) in [5, 5.41) is 0. The zero-order valence-electron chi connectivity index (χ0n) is 22.1. The van der Waals surface area contributed by atoms with Gasteiger partial charge >= 0.3 is 0 Å².